The molecule has 0 saturated carbocycles. The van der Waals surface area contributed by atoms with Crippen LogP contribution >= 0.6 is 28.6 Å². The van der Waals surface area contributed by atoms with Gasteiger partial charge in [-0.1, -0.05) is 28.1 Å². The first-order valence-electron chi connectivity index (χ1n) is 3.35. The van der Waals surface area contributed by atoms with Crippen molar-refractivity contribution >= 4 is 28.6 Å². The van der Waals surface area contributed by atoms with Crippen LogP contribution < -0.4 is 5.32 Å². The Balaban J connectivity index is 2.81. The van der Waals surface area contributed by atoms with Gasteiger partial charge in [-0.3, -0.25) is 0 Å². The van der Waals surface area contributed by atoms with Gasteiger partial charge in [-0.2, -0.15) is 12.6 Å². The van der Waals surface area contributed by atoms with Gasteiger partial charge in [-0.15, -0.1) is 0 Å². The average molecular weight is 232 g/mol. The minimum absolute atomic E-state index is 0.128. The van der Waals surface area contributed by atoms with Crippen LogP contribution in [-0.4, -0.2) is 7.05 Å². The zero-order valence-corrected chi connectivity index (χ0v) is 8.69. The summed E-state index contributed by atoms with van der Waals surface area (Å²) in [6, 6.07) is 8.10. The molecular weight excluding hydrogens is 222 g/mol. The molecule has 0 fully saturated rings. The van der Waals surface area contributed by atoms with Crippen LogP contribution in [-0.2, 0) is 0 Å². The molecule has 1 nitrogen and oxygen atoms in total. The molecule has 0 aliphatic carbocycles. The summed E-state index contributed by atoms with van der Waals surface area (Å²) >= 11 is 7.70. The number of hydrogen-bond acceptors (Lipinski definition) is 2. The van der Waals surface area contributed by atoms with E-state index >= 15 is 0 Å². The van der Waals surface area contributed by atoms with Crippen LogP contribution in [0.3, 0.4) is 0 Å². The van der Waals surface area contributed by atoms with E-state index in [0.717, 1.165) is 4.47 Å². The molecule has 0 amide bonds. The second kappa shape index (κ2) is 4.14. The van der Waals surface area contributed by atoms with E-state index < -0.39 is 0 Å². The van der Waals surface area contributed by atoms with Crippen LogP contribution in [0.5, 0.6) is 0 Å². The van der Waals surface area contributed by atoms with Crippen LogP contribution in [0, 0.1) is 0 Å². The van der Waals surface area contributed by atoms with E-state index in [1.165, 1.54) is 5.56 Å². The Morgan fingerprint density at radius 2 is 1.91 bits per heavy atom. The highest BCUT2D eigenvalue weighted by Gasteiger charge is 2.00. The Morgan fingerprint density at radius 3 is 2.36 bits per heavy atom. The number of thiol groups is 1. The van der Waals surface area contributed by atoms with Gasteiger partial charge < -0.3 is 5.32 Å². The molecule has 1 atom stereocenters. The van der Waals surface area contributed by atoms with Crippen molar-refractivity contribution in [2.24, 2.45) is 0 Å². The van der Waals surface area contributed by atoms with Gasteiger partial charge >= 0.3 is 0 Å². The van der Waals surface area contributed by atoms with Gasteiger partial charge in [0.15, 0.2) is 0 Å². The Bertz CT molecular complexity index is 222. The number of benzene rings is 1. The van der Waals surface area contributed by atoms with Gasteiger partial charge in [-0.05, 0) is 24.7 Å². The molecule has 0 bridgehead atoms. The zero-order valence-electron chi connectivity index (χ0n) is 6.21. The number of hydrogen-bond donors (Lipinski definition) is 2. The highest BCUT2D eigenvalue weighted by atomic mass is 79.9. The van der Waals surface area contributed by atoms with Gasteiger partial charge in [-0.25, -0.2) is 0 Å². The molecule has 1 rings (SSSR count). The first-order valence-corrected chi connectivity index (χ1v) is 4.66. The van der Waals surface area contributed by atoms with Gasteiger partial charge in [0.05, 0.1) is 5.37 Å². The maximum Gasteiger partial charge on any atom is 0.0757 e. The summed E-state index contributed by atoms with van der Waals surface area (Å²) < 4.78 is 1.10. The largest absolute Gasteiger partial charge is 0.305 e. The molecule has 60 valence electrons. The van der Waals surface area contributed by atoms with Gasteiger partial charge in [0.25, 0.3) is 0 Å². The van der Waals surface area contributed by atoms with Crippen LogP contribution in [0.1, 0.15) is 10.9 Å². The van der Waals surface area contributed by atoms with Gasteiger partial charge in [0.2, 0.25) is 0 Å². The Hall–Kier alpha value is 0.01000. The first kappa shape index (κ1) is 9.10. The third kappa shape index (κ3) is 2.51. The van der Waals surface area contributed by atoms with Crippen LogP contribution in [0.2, 0.25) is 0 Å². The van der Waals surface area contributed by atoms with Crippen molar-refractivity contribution in [3.8, 4) is 0 Å². The summed E-state index contributed by atoms with van der Waals surface area (Å²) in [6.45, 7) is 0. The quantitative estimate of drug-likeness (QED) is 0.590. The summed E-state index contributed by atoms with van der Waals surface area (Å²) in [7, 11) is 1.89. The van der Waals surface area contributed by atoms with Crippen molar-refractivity contribution in [2.45, 2.75) is 5.37 Å². The fourth-order valence-corrected chi connectivity index (χ4v) is 1.25. The SMILES string of the molecule is CNC(S)c1ccc(Br)cc1. The van der Waals surface area contributed by atoms with Crippen molar-refractivity contribution in [3.05, 3.63) is 34.3 Å². The lowest BCUT2D eigenvalue weighted by Crippen LogP contribution is -2.09. The summed E-state index contributed by atoms with van der Waals surface area (Å²) in [5.41, 5.74) is 1.18. The third-order valence-electron chi connectivity index (χ3n) is 1.46. The van der Waals surface area contributed by atoms with Crippen molar-refractivity contribution in [1.29, 1.82) is 0 Å². The number of halogens is 1. The van der Waals surface area contributed by atoms with E-state index in [-0.39, 0.29) is 5.37 Å². The van der Waals surface area contributed by atoms with Crippen LogP contribution in [0.4, 0.5) is 0 Å². The minimum atomic E-state index is 0.128. The summed E-state index contributed by atoms with van der Waals surface area (Å²) in [5, 5.41) is 3.18. The minimum Gasteiger partial charge on any atom is -0.305 e. The zero-order chi connectivity index (χ0) is 8.27. The highest BCUT2D eigenvalue weighted by molar-refractivity contribution is 9.10. The smallest absolute Gasteiger partial charge is 0.0757 e. The van der Waals surface area contributed by atoms with E-state index in [2.05, 4.69) is 33.9 Å². The molecule has 0 radical (unpaired) electrons. The van der Waals surface area contributed by atoms with E-state index in [1.54, 1.807) is 0 Å². The third-order valence-corrected chi connectivity index (χ3v) is 2.54. The number of nitrogens with one attached hydrogen (secondary N) is 1. The first-order chi connectivity index (χ1) is 5.24. The Kier molecular flexibility index (Phi) is 3.43. The lowest BCUT2D eigenvalue weighted by molar-refractivity contribution is 0.800. The maximum absolute atomic E-state index is 4.33. The topological polar surface area (TPSA) is 12.0 Å². The van der Waals surface area contributed by atoms with Crippen LogP contribution in [0.25, 0.3) is 0 Å². The molecule has 0 aromatic heterocycles. The maximum atomic E-state index is 4.33. The van der Waals surface area contributed by atoms with Gasteiger partial charge in [0.1, 0.15) is 0 Å². The van der Waals surface area contributed by atoms with Crippen molar-refractivity contribution in [3.63, 3.8) is 0 Å². The van der Waals surface area contributed by atoms with E-state index in [1.807, 2.05) is 31.3 Å². The number of rotatable bonds is 2. The average Bonchev–Trinajstić information content (AvgIpc) is 2.05. The fourth-order valence-electron chi connectivity index (χ4n) is 0.812. The molecule has 1 aromatic rings. The monoisotopic (exact) mass is 231 g/mol. The van der Waals surface area contributed by atoms with E-state index in [9.17, 15) is 0 Å². The summed E-state index contributed by atoms with van der Waals surface area (Å²) in [5.74, 6) is 0. The Labute approximate surface area is 80.7 Å². The molecule has 1 N–H and O–H groups in total. The molecule has 1 unspecified atom stereocenters. The van der Waals surface area contributed by atoms with Crippen LogP contribution in [0.15, 0.2) is 28.7 Å². The lowest BCUT2D eigenvalue weighted by atomic mass is 10.2. The van der Waals surface area contributed by atoms with Gasteiger partial charge in [0, 0.05) is 4.47 Å². The molecule has 0 heterocycles. The normalized spacial score (nSPS) is 13.0. The predicted octanol–water partition coefficient (Wildman–Crippen LogP) is 2.60. The second-order valence-corrected chi connectivity index (χ2v) is 3.67. The molecular formula is C8H10BrNS. The molecule has 1 aromatic carbocycles. The van der Waals surface area contributed by atoms with E-state index in [0.29, 0.717) is 0 Å². The highest BCUT2D eigenvalue weighted by Crippen LogP contribution is 2.18. The standard InChI is InChI=1S/C8H10BrNS/c1-10-8(11)6-2-4-7(9)5-3-6/h2-5,8,10-11H,1H3. The molecule has 3 heteroatoms. The van der Waals surface area contributed by atoms with Crippen molar-refractivity contribution in [1.82, 2.24) is 5.32 Å². The van der Waals surface area contributed by atoms with Crippen molar-refractivity contribution < 1.29 is 0 Å². The summed E-state index contributed by atoms with van der Waals surface area (Å²) in [6.07, 6.45) is 0. The second-order valence-electron chi connectivity index (χ2n) is 2.24. The fraction of sp³-hybridized carbons (Fsp3) is 0.250. The van der Waals surface area contributed by atoms with Crippen molar-refractivity contribution in [2.75, 3.05) is 7.05 Å². The molecule has 0 spiro atoms. The molecule has 0 aliphatic rings. The molecule has 0 aliphatic heterocycles. The summed E-state index contributed by atoms with van der Waals surface area (Å²) in [4.78, 5) is 0. The lowest BCUT2D eigenvalue weighted by Gasteiger charge is -2.08. The van der Waals surface area contributed by atoms with E-state index in [4.69, 9.17) is 0 Å². The predicted molar refractivity (Wildman–Crippen MR) is 54.9 cm³/mol. The molecule has 0 saturated heterocycles. The Morgan fingerprint density at radius 1 is 1.36 bits per heavy atom. The molecule has 11 heavy (non-hydrogen) atoms.